The third-order valence-corrected chi connectivity index (χ3v) is 6.23. The molecule has 0 spiro atoms. The molecule has 1 aliphatic heterocycles. The first-order chi connectivity index (χ1) is 12.2. The van der Waals surface area contributed by atoms with E-state index in [4.69, 9.17) is 0 Å². The van der Waals surface area contributed by atoms with Crippen molar-refractivity contribution in [2.45, 2.75) is 18.6 Å². The Bertz CT molecular complexity index is 869. The summed E-state index contributed by atoms with van der Waals surface area (Å²) in [6.07, 6.45) is 4.93. The van der Waals surface area contributed by atoms with Gasteiger partial charge in [-0.1, -0.05) is 30.3 Å². The predicted octanol–water partition coefficient (Wildman–Crippen LogP) is 4.57. The lowest BCUT2D eigenvalue weighted by atomic mass is 10.0. The number of carbonyl (C=O) groups is 1. The Morgan fingerprint density at radius 2 is 1.96 bits per heavy atom. The first-order valence-corrected chi connectivity index (χ1v) is 9.80. The van der Waals surface area contributed by atoms with Crippen LogP contribution in [0.25, 0.3) is 5.52 Å². The number of amides is 1. The zero-order valence-electron chi connectivity index (χ0n) is 14.4. The van der Waals surface area contributed by atoms with Gasteiger partial charge in [-0.25, -0.2) is 0 Å². The highest BCUT2D eigenvalue weighted by Crippen LogP contribution is 2.36. The normalized spacial score (nSPS) is 18.3. The van der Waals surface area contributed by atoms with Gasteiger partial charge in [-0.15, -0.1) is 0 Å². The highest BCUT2D eigenvalue weighted by Gasteiger charge is 2.24. The van der Waals surface area contributed by atoms with Gasteiger partial charge in [0.25, 0.3) is 5.91 Å². The van der Waals surface area contributed by atoms with Gasteiger partial charge in [0.05, 0.1) is 5.56 Å². The van der Waals surface area contributed by atoms with Crippen molar-refractivity contribution >= 4 is 23.2 Å². The fourth-order valence-electron chi connectivity index (χ4n) is 3.52. The summed E-state index contributed by atoms with van der Waals surface area (Å²) in [7, 11) is 0. The van der Waals surface area contributed by atoms with Gasteiger partial charge in [-0.2, -0.15) is 11.8 Å². The van der Waals surface area contributed by atoms with Crippen molar-refractivity contribution < 1.29 is 4.79 Å². The van der Waals surface area contributed by atoms with Crippen LogP contribution in [-0.2, 0) is 0 Å². The van der Waals surface area contributed by atoms with Gasteiger partial charge < -0.3 is 9.30 Å². The summed E-state index contributed by atoms with van der Waals surface area (Å²) in [6.45, 7) is 3.81. The number of nitrogens with zero attached hydrogens (tertiary/aromatic N) is 2. The van der Waals surface area contributed by atoms with E-state index in [2.05, 4.69) is 31.2 Å². The number of aromatic nitrogens is 1. The van der Waals surface area contributed by atoms with E-state index in [-0.39, 0.29) is 5.91 Å². The van der Waals surface area contributed by atoms with Crippen molar-refractivity contribution in [3.63, 3.8) is 0 Å². The Kier molecular flexibility index (Phi) is 4.53. The molecule has 1 fully saturated rings. The van der Waals surface area contributed by atoms with Gasteiger partial charge in [0.15, 0.2) is 0 Å². The van der Waals surface area contributed by atoms with Crippen molar-refractivity contribution in [3.05, 3.63) is 77.6 Å². The molecular weight excluding hydrogens is 328 g/mol. The molecule has 0 bridgehead atoms. The molecule has 1 amide bonds. The quantitative estimate of drug-likeness (QED) is 0.676. The van der Waals surface area contributed by atoms with Crippen LogP contribution in [0.4, 0.5) is 0 Å². The Morgan fingerprint density at radius 1 is 1.12 bits per heavy atom. The number of rotatable bonds is 2. The number of hydrogen-bond acceptors (Lipinski definition) is 2. The van der Waals surface area contributed by atoms with Gasteiger partial charge in [-0.3, -0.25) is 4.79 Å². The summed E-state index contributed by atoms with van der Waals surface area (Å²) in [5.74, 6) is 1.13. The zero-order valence-corrected chi connectivity index (χ0v) is 15.2. The van der Waals surface area contributed by atoms with E-state index in [0.717, 1.165) is 36.3 Å². The summed E-state index contributed by atoms with van der Waals surface area (Å²) >= 11 is 1.97. The minimum Gasteiger partial charge on any atom is -0.338 e. The molecule has 2 aromatic heterocycles. The number of pyridine rings is 1. The maximum absolute atomic E-state index is 12.9. The van der Waals surface area contributed by atoms with Gasteiger partial charge >= 0.3 is 0 Å². The SMILES string of the molecule is Cc1ccccc1C1CCN(C(=O)c2cc3ccccn3c2)CCS1. The molecule has 4 rings (SSSR count). The fraction of sp³-hybridized carbons (Fsp3) is 0.286. The molecule has 0 saturated carbocycles. The van der Waals surface area contributed by atoms with Gasteiger partial charge in [-0.05, 0) is 42.7 Å². The van der Waals surface area contributed by atoms with Crippen LogP contribution < -0.4 is 0 Å². The first kappa shape index (κ1) is 16.3. The third kappa shape index (κ3) is 3.31. The van der Waals surface area contributed by atoms with Gasteiger partial charge in [0.2, 0.25) is 0 Å². The third-order valence-electron chi connectivity index (χ3n) is 4.92. The molecule has 1 unspecified atom stereocenters. The molecule has 1 aliphatic rings. The Labute approximate surface area is 152 Å². The minimum atomic E-state index is 0.148. The fourth-order valence-corrected chi connectivity index (χ4v) is 4.85. The monoisotopic (exact) mass is 350 g/mol. The molecule has 4 heteroatoms. The van der Waals surface area contributed by atoms with Gasteiger partial charge in [0.1, 0.15) is 0 Å². The Balaban J connectivity index is 1.50. The molecular formula is C21H22N2OS. The zero-order chi connectivity index (χ0) is 17.2. The second-order valence-corrected chi connectivity index (χ2v) is 7.87. The van der Waals surface area contributed by atoms with E-state index in [0.29, 0.717) is 5.25 Å². The van der Waals surface area contributed by atoms with Crippen LogP contribution in [0.15, 0.2) is 60.9 Å². The summed E-state index contributed by atoms with van der Waals surface area (Å²) in [4.78, 5) is 14.9. The van der Waals surface area contributed by atoms with E-state index < -0.39 is 0 Å². The molecule has 1 atom stereocenters. The molecule has 0 N–H and O–H groups in total. The highest BCUT2D eigenvalue weighted by atomic mass is 32.2. The van der Waals surface area contributed by atoms with E-state index in [1.165, 1.54) is 11.1 Å². The number of aryl methyl sites for hydroxylation is 1. The standard InChI is InChI=1S/C21H22N2OS/c1-16-6-2-3-8-19(16)20-9-11-22(12-13-25-20)21(24)17-14-18-7-4-5-10-23(18)15-17/h2-8,10,14-15,20H,9,11-13H2,1H3. The van der Waals surface area contributed by atoms with Crippen molar-refractivity contribution in [2.75, 3.05) is 18.8 Å². The van der Waals surface area contributed by atoms with Crippen molar-refractivity contribution in [2.24, 2.45) is 0 Å². The Morgan fingerprint density at radius 3 is 2.80 bits per heavy atom. The maximum atomic E-state index is 12.9. The molecule has 0 radical (unpaired) electrons. The molecule has 1 saturated heterocycles. The lowest BCUT2D eigenvalue weighted by Crippen LogP contribution is -2.32. The summed E-state index contributed by atoms with van der Waals surface area (Å²) in [6, 6.07) is 16.6. The smallest absolute Gasteiger partial charge is 0.255 e. The van der Waals surface area contributed by atoms with Crippen LogP contribution in [0.2, 0.25) is 0 Å². The van der Waals surface area contributed by atoms with Crippen LogP contribution in [0.5, 0.6) is 0 Å². The van der Waals surface area contributed by atoms with Crippen molar-refractivity contribution in [1.82, 2.24) is 9.30 Å². The molecule has 3 heterocycles. The summed E-state index contributed by atoms with van der Waals surface area (Å²) in [5.41, 5.74) is 4.60. The maximum Gasteiger partial charge on any atom is 0.255 e. The van der Waals surface area contributed by atoms with E-state index in [1.807, 2.05) is 57.7 Å². The molecule has 0 aliphatic carbocycles. The van der Waals surface area contributed by atoms with Crippen LogP contribution in [0.1, 0.15) is 33.2 Å². The average molecular weight is 350 g/mol. The second-order valence-electron chi connectivity index (χ2n) is 6.56. The number of hydrogen-bond donors (Lipinski definition) is 0. The minimum absolute atomic E-state index is 0.148. The van der Waals surface area contributed by atoms with Crippen LogP contribution >= 0.6 is 11.8 Å². The molecule has 3 nitrogen and oxygen atoms in total. The van der Waals surface area contributed by atoms with Crippen molar-refractivity contribution in [1.29, 1.82) is 0 Å². The number of benzene rings is 1. The lowest BCUT2D eigenvalue weighted by Gasteiger charge is -2.20. The first-order valence-electron chi connectivity index (χ1n) is 8.75. The topological polar surface area (TPSA) is 24.7 Å². The van der Waals surface area contributed by atoms with Crippen LogP contribution in [-0.4, -0.2) is 34.1 Å². The second kappa shape index (κ2) is 6.96. The highest BCUT2D eigenvalue weighted by molar-refractivity contribution is 7.99. The van der Waals surface area contributed by atoms with Crippen molar-refractivity contribution in [3.8, 4) is 0 Å². The van der Waals surface area contributed by atoms with Crippen LogP contribution in [0, 0.1) is 6.92 Å². The molecule has 25 heavy (non-hydrogen) atoms. The largest absolute Gasteiger partial charge is 0.338 e. The number of fused-ring (bicyclic) bond motifs is 1. The predicted molar refractivity (Wildman–Crippen MR) is 104 cm³/mol. The number of carbonyl (C=O) groups excluding carboxylic acids is 1. The van der Waals surface area contributed by atoms with E-state index in [1.54, 1.807) is 0 Å². The molecule has 1 aromatic carbocycles. The average Bonchev–Trinajstić information content (AvgIpc) is 2.92. The Hall–Kier alpha value is -2.20. The summed E-state index contributed by atoms with van der Waals surface area (Å²) < 4.78 is 2.01. The lowest BCUT2D eigenvalue weighted by molar-refractivity contribution is 0.0766. The molecule has 128 valence electrons. The van der Waals surface area contributed by atoms with E-state index in [9.17, 15) is 4.79 Å². The van der Waals surface area contributed by atoms with Gasteiger partial charge in [0, 0.05) is 42.0 Å². The summed E-state index contributed by atoms with van der Waals surface area (Å²) in [5, 5.41) is 0.479. The van der Waals surface area contributed by atoms with E-state index >= 15 is 0 Å². The number of thioether (sulfide) groups is 1. The molecule has 3 aromatic rings. The van der Waals surface area contributed by atoms with Crippen LogP contribution in [0.3, 0.4) is 0 Å².